The fourth-order valence-corrected chi connectivity index (χ4v) is 28.6. The second-order valence-corrected chi connectivity index (χ2v) is 31.4. The molecule has 0 unspecified atom stereocenters. The number of hydrogen-bond donors (Lipinski definition) is 0. The van der Waals surface area contributed by atoms with Gasteiger partial charge >= 0.3 is 0 Å². The molecular weight excluding hydrogens is 857 g/mol. The molecule has 29 aromatic rings. The van der Waals surface area contributed by atoms with Gasteiger partial charge in [0.2, 0.25) is 0 Å². The van der Waals surface area contributed by atoms with Gasteiger partial charge in [0.1, 0.15) is 0 Å². The molecule has 4 aliphatic carbocycles. The summed E-state index contributed by atoms with van der Waals surface area (Å²) in [7, 11) is -2.16. The van der Waals surface area contributed by atoms with Crippen LogP contribution in [0.3, 0.4) is 0 Å². The third-order valence-corrected chi connectivity index (χ3v) is 28.9. The van der Waals surface area contributed by atoms with E-state index in [9.17, 15) is 0 Å². The van der Waals surface area contributed by atoms with Crippen molar-refractivity contribution in [3.63, 3.8) is 0 Å². The first-order valence-corrected chi connectivity index (χ1v) is 29.7. The van der Waals surface area contributed by atoms with Gasteiger partial charge in [-0.25, -0.2) is 0 Å². The Morgan fingerprint density at radius 2 is 0.443 bits per heavy atom. The summed E-state index contributed by atoms with van der Waals surface area (Å²) in [6, 6.07) is 13.3. The van der Waals surface area contributed by atoms with Gasteiger partial charge in [-0.2, -0.15) is 0 Å². The van der Waals surface area contributed by atoms with E-state index in [0.717, 1.165) is 0 Å². The van der Waals surface area contributed by atoms with E-state index >= 15 is 0 Å². The van der Waals surface area contributed by atoms with Crippen molar-refractivity contribution < 1.29 is 0 Å². The van der Waals surface area contributed by atoms with Crippen LogP contribution in [0.1, 0.15) is 28.2 Å². The van der Waals surface area contributed by atoms with E-state index in [0.29, 0.717) is 5.92 Å². The summed E-state index contributed by atoms with van der Waals surface area (Å²) < 4.78 is 0. The van der Waals surface area contributed by atoms with Crippen LogP contribution in [0.2, 0.25) is 19.1 Å². The lowest BCUT2D eigenvalue weighted by Gasteiger charge is -2.48. The van der Waals surface area contributed by atoms with Crippen LogP contribution in [0.25, 0.3) is 291 Å². The molecule has 0 saturated heterocycles. The minimum Gasteiger partial charge on any atom is -0.0654 e. The summed E-state index contributed by atoms with van der Waals surface area (Å²) in [6.45, 7) is 5.57. The Morgan fingerprint density at radius 1 is 0.257 bits per heavy atom. The molecule has 0 fully saturated rings. The van der Waals surface area contributed by atoms with Gasteiger partial charge in [-0.15, -0.1) is 0 Å². The molecule has 0 amide bonds. The van der Waals surface area contributed by atoms with Crippen LogP contribution in [0.15, 0.2) is 30.3 Å². The first kappa shape index (κ1) is 26.6. The minimum atomic E-state index is -2.16. The van der Waals surface area contributed by atoms with E-state index in [1.54, 1.807) is 307 Å². The summed E-state index contributed by atoms with van der Waals surface area (Å²) in [5, 5.41) is 93.0. The molecule has 294 valence electrons. The molecule has 4 aliphatic rings. The predicted molar refractivity (Wildman–Crippen MR) is 303 cm³/mol. The molecule has 33 rings (SSSR count). The van der Waals surface area contributed by atoms with Crippen molar-refractivity contribution in [2.45, 2.75) is 30.5 Å². The lowest BCUT2D eigenvalue weighted by Crippen LogP contribution is -2.50. The van der Waals surface area contributed by atoms with E-state index in [4.69, 9.17) is 0 Å². The van der Waals surface area contributed by atoms with Crippen molar-refractivity contribution >= 4 is 304 Å². The van der Waals surface area contributed by atoms with E-state index < -0.39 is 8.07 Å². The quantitative estimate of drug-likeness (QED) is 0.123. The number of hydrogen-bond acceptors (Lipinski definition) is 0. The van der Waals surface area contributed by atoms with Crippen LogP contribution in [0.4, 0.5) is 0 Å². The maximum absolute atomic E-state index is 2.79. The Morgan fingerprint density at radius 3 is 0.686 bits per heavy atom. The van der Waals surface area contributed by atoms with Gasteiger partial charge in [-0.3, -0.25) is 0 Å². The average molecular weight is 871 g/mol. The van der Waals surface area contributed by atoms with Crippen LogP contribution >= 0.6 is 0 Å². The first-order chi connectivity index (χ1) is 34.7. The zero-order chi connectivity index (χ0) is 41.9. The Bertz CT molecular complexity index is 7110. The van der Waals surface area contributed by atoms with Crippen molar-refractivity contribution in [1.82, 2.24) is 0 Å². The van der Waals surface area contributed by atoms with Crippen LogP contribution in [-0.4, -0.2) is 8.07 Å². The summed E-state index contributed by atoms with van der Waals surface area (Å²) in [6.07, 6.45) is 0. The standard InChI is InChI=1S/C69H14Si/c1-70(2,9-6-4-3-5-7-9)8-69-66-62-56-42-34-26-14-11-10-12-15(14)27-29-25-19(12)21-17-13(10)16-20-18(11)24-28(26)40(42)48-46-32(24)30(20)38-36-22(16)23(17)37-39-31(21)33(25)47-49-41(29)43(35(27)34)57(56)63(66)59(49)61-53(47)51(39)55-45(37)44(36)54-50(38)52(46)60(58(48)62)67(69)64(54)65(55)68(61)69/h3-7,66H,8H2,1-2H3. The summed E-state index contributed by atoms with van der Waals surface area (Å²) in [5.41, 5.74) is 7.10. The molecule has 29 aromatic carbocycles. The normalized spacial score (nSPS) is 21.0. The Labute approximate surface area is 384 Å². The summed E-state index contributed by atoms with van der Waals surface area (Å²) in [4.78, 5) is 0. The molecule has 0 saturated carbocycles. The van der Waals surface area contributed by atoms with Crippen LogP contribution in [0.5, 0.6) is 0 Å². The third kappa shape index (κ3) is 1.45. The molecule has 0 spiro atoms. The van der Waals surface area contributed by atoms with Gasteiger partial charge in [-0.1, -0.05) is 48.6 Å². The van der Waals surface area contributed by atoms with Crippen molar-refractivity contribution in [3.05, 3.63) is 52.6 Å². The lowest BCUT2D eigenvalue weighted by atomic mass is 9.58. The van der Waals surface area contributed by atoms with Gasteiger partial charge in [-0.05, 0) is 319 Å². The van der Waals surface area contributed by atoms with Crippen LogP contribution < -0.4 is 5.19 Å². The maximum atomic E-state index is 2.79. The highest BCUT2D eigenvalue weighted by molar-refractivity contribution is 6.90. The maximum Gasteiger partial charge on any atom is 0.0818 e. The largest absolute Gasteiger partial charge is 0.0818 e. The predicted octanol–water partition coefficient (Wildman–Crippen LogP) is 18.8. The fourth-order valence-electron chi connectivity index (χ4n) is 25.3. The third-order valence-electron chi connectivity index (χ3n) is 25.6. The second-order valence-electron chi connectivity index (χ2n) is 26.7. The first-order valence-electron chi connectivity index (χ1n) is 26.5. The van der Waals surface area contributed by atoms with E-state index in [2.05, 4.69) is 43.4 Å². The molecule has 0 aliphatic heterocycles. The monoisotopic (exact) mass is 870 g/mol. The molecule has 0 atom stereocenters. The highest BCUT2D eigenvalue weighted by Gasteiger charge is 2.64. The highest BCUT2D eigenvalue weighted by atomic mass is 28.3. The van der Waals surface area contributed by atoms with Crippen molar-refractivity contribution in [1.29, 1.82) is 0 Å². The topological polar surface area (TPSA) is 0 Å². The van der Waals surface area contributed by atoms with Crippen LogP contribution in [0, 0.1) is 0 Å². The van der Waals surface area contributed by atoms with E-state index in [1.165, 1.54) is 6.04 Å². The molecule has 0 aromatic heterocycles. The molecular formula is C69H14Si. The second kappa shape index (κ2) is 6.06. The smallest absolute Gasteiger partial charge is 0.0654 e. The van der Waals surface area contributed by atoms with Gasteiger partial charge in [0.15, 0.2) is 0 Å². The molecule has 1 heteroatoms. The number of benzene rings is 19. The summed E-state index contributed by atoms with van der Waals surface area (Å²) in [5.74, 6) is 0.327. The molecule has 0 bridgehead atoms. The minimum absolute atomic E-state index is 0.142. The lowest BCUT2D eigenvalue weighted by molar-refractivity contribution is 0.519. The van der Waals surface area contributed by atoms with Crippen LogP contribution in [-0.2, 0) is 5.41 Å². The summed E-state index contributed by atoms with van der Waals surface area (Å²) >= 11 is 0. The van der Waals surface area contributed by atoms with Gasteiger partial charge < -0.3 is 0 Å². The van der Waals surface area contributed by atoms with Gasteiger partial charge in [0.25, 0.3) is 0 Å². The van der Waals surface area contributed by atoms with Gasteiger partial charge in [0, 0.05) is 11.3 Å². The molecule has 0 N–H and O–H groups in total. The Balaban J connectivity index is 1.16. The molecule has 0 heterocycles. The number of rotatable bonds is 3. The van der Waals surface area contributed by atoms with Crippen molar-refractivity contribution in [2.24, 2.45) is 0 Å². The fraction of sp³-hybridized carbons (Fsp3) is 0.0725. The molecule has 0 nitrogen and oxygen atoms in total. The zero-order valence-corrected chi connectivity index (χ0v) is 37.7. The Hall–Kier alpha value is -8.10. The van der Waals surface area contributed by atoms with Gasteiger partial charge in [0.05, 0.1) is 8.07 Å². The molecule has 70 heavy (non-hydrogen) atoms. The Kier molecular flexibility index (Phi) is 2.30. The van der Waals surface area contributed by atoms with E-state index in [-0.39, 0.29) is 5.41 Å². The van der Waals surface area contributed by atoms with Crippen molar-refractivity contribution in [2.75, 3.05) is 0 Å². The average Bonchev–Trinajstić information content (AvgIpc) is 4.35. The van der Waals surface area contributed by atoms with Crippen molar-refractivity contribution in [3.8, 4) is 0 Å². The zero-order valence-electron chi connectivity index (χ0n) is 36.7. The van der Waals surface area contributed by atoms with E-state index in [1.807, 2.05) is 11.1 Å². The SMILES string of the molecule is C[Si](C)(CC12c3c4c5c6c7c8c(c9c%10c1c1c3c3c%11c4c4c5c5c7c7c%12c8c8c9c9c%10c%10c1c1c3c3c%11c%11c4c4c5c7c5c7c%12c8c8c9c9c%10c1c1c3c3c%11c4c5c4c7c8c9c1c34)C62)c1ccccc1. The molecule has 0 radical (unpaired) electrons. The highest BCUT2D eigenvalue weighted by Crippen LogP contribution is 2.84.